The van der Waals surface area contributed by atoms with Gasteiger partial charge in [-0.2, -0.15) is 8.78 Å². The van der Waals surface area contributed by atoms with E-state index in [0.717, 1.165) is 12.3 Å². The number of hydrogen-bond acceptors (Lipinski definition) is 0. The minimum atomic E-state index is -2.62. The quantitative estimate of drug-likeness (QED) is 0.643. The van der Waals surface area contributed by atoms with Crippen molar-refractivity contribution in [2.75, 3.05) is 0 Å². The van der Waals surface area contributed by atoms with Gasteiger partial charge in [0.25, 0.3) is 0 Å². The summed E-state index contributed by atoms with van der Waals surface area (Å²) in [5.41, 5.74) is 0. The van der Waals surface area contributed by atoms with Gasteiger partial charge in [0.15, 0.2) is 0 Å². The topological polar surface area (TPSA) is 0 Å². The Bertz CT molecular complexity index is 176. The van der Waals surface area contributed by atoms with E-state index in [-0.39, 0.29) is 12.3 Å². The molecule has 2 aliphatic carbocycles. The molecule has 2 rings (SSSR count). The van der Waals surface area contributed by atoms with Crippen molar-refractivity contribution in [3.05, 3.63) is 0 Å². The largest absolute Gasteiger partial charge is 0.301 e. The van der Waals surface area contributed by atoms with E-state index in [2.05, 4.69) is 15.9 Å². The molecule has 0 aromatic carbocycles. The second kappa shape index (κ2) is 2.93. The number of fused-ring (bicyclic) bond motifs is 2. The van der Waals surface area contributed by atoms with Crippen LogP contribution in [-0.4, -0.2) is 4.83 Å². The first-order chi connectivity index (χ1) is 5.54. The summed E-state index contributed by atoms with van der Waals surface area (Å²) < 4.78 is 25.2. The lowest BCUT2D eigenvalue weighted by Gasteiger charge is -2.23. The molecule has 0 nitrogen and oxygen atoms in total. The van der Waals surface area contributed by atoms with Crippen LogP contribution in [0, 0.1) is 17.8 Å². The maximum Gasteiger partial charge on any atom is 0.301 e. The summed E-state index contributed by atoms with van der Waals surface area (Å²) in [6.07, 6.45) is 4.79. The fourth-order valence-corrected chi connectivity index (χ4v) is 3.34. The van der Waals surface area contributed by atoms with Crippen LogP contribution in [0.4, 0.5) is 8.78 Å². The molecule has 3 unspecified atom stereocenters. The molecule has 0 aromatic heterocycles. The second-order valence-corrected chi connectivity index (χ2v) is 5.41. The highest BCUT2D eigenvalue weighted by atomic mass is 79.9. The molecule has 0 amide bonds. The summed E-state index contributed by atoms with van der Waals surface area (Å²) in [5.74, 6) is 1.67. The van der Waals surface area contributed by atoms with E-state index >= 15 is 0 Å². The third kappa shape index (κ3) is 1.81. The molecule has 0 heterocycles. The van der Waals surface area contributed by atoms with Crippen molar-refractivity contribution in [3.8, 4) is 0 Å². The monoisotopic (exact) mass is 238 g/mol. The molecule has 3 heteroatoms. The SMILES string of the molecule is FC(F)(Br)CC1CC2CCC1C2. The number of hydrogen-bond donors (Lipinski definition) is 0. The summed E-state index contributed by atoms with van der Waals surface area (Å²) in [6, 6.07) is 0. The molecule has 2 bridgehead atoms. The lowest BCUT2D eigenvalue weighted by Crippen LogP contribution is -2.18. The van der Waals surface area contributed by atoms with Crippen molar-refractivity contribution in [2.24, 2.45) is 17.8 Å². The van der Waals surface area contributed by atoms with Gasteiger partial charge in [0.2, 0.25) is 0 Å². The lowest BCUT2D eigenvalue weighted by molar-refractivity contribution is 0.0700. The molecule has 2 aliphatic rings. The molecule has 70 valence electrons. The van der Waals surface area contributed by atoms with Crippen molar-refractivity contribution >= 4 is 15.9 Å². The Balaban J connectivity index is 1.91. The molecule has 12 heavy (non-hydrogen) atoms. The van der Waals surface area contributed by atoms with Gasteiger partial charge in [-0.25, -0.2) is 0 Å². The van der Waals surface area contributed by atoms with Gasteiger partial charge >= 0.3 is 4.83 Å². The second-order valence-electron chi connectivity index (χ2n) is 4.25. The molecular formula is C9H13BrF2. The van der Waals surface area contributed by atoms with Crippen LogP contribution in [-0.2, 0) is 0 Å². The van der Waals surface area contributed by atoms with Crippen molar-refractivity contribution in [2.45, 2.75) is 36.9 Å². The molecule has 0 spiro atoms. The molecule has 0 aromatic rings. The Morgan fingerprint density at radius 3 is 2.42 bits per heavy atom. The Hall–Kier alpha value is 0.340. The van der Waals surface area contributed by atoms with Gasteiger partial charge in [0.05, 0.1) is 0 Å². The van der Waals surface area contributed by atoms with Gasteiger partial charge in [0, 0.05) is 6.42 Å². The van der Waals surface area contributed by atoms with Gasteiger partial charge < -0.3 is 0 Å². The van der Waals surface area contributed by atoms with Crippen molar-refractivity contribution in [1.29, 1.82) is 0 Å². The van der Waals surface area contributed by atoms with Gasteiger partial charge in [-0.05, 0) is 52.9 Å². The van der Waals surface area contributed by atoms with Gasteiger partial charge in [0.1, 0.15) is 0 Å². The fourth-order valence-electron chi connectivity index (χ4n) is 2.92. The van der Waals surface area contributed by atoms with Crippen LogP contribution in [0.2, 0.25) is 0 Å². The lowest BCUT2D eigenvalue weighted by atomic mass is 9.87. The summed E-state index contributed by atoms with van der Waals surface area (Å²) in [5, 5.41) is 0. The Morgan fingerprint density at radius 1 is 1.25 bits per heavy atom. The van der Waals surface area contributed by atoms with E-state index in [1.807, 2.05) is 0 Å². The maximum atomic E-state index is 12.6. The van der Waals surface area contributed by atoms with Gasteiger partial charge in [-0.15, -0.1) is 0 Å². The highest BCUT2D eigenvalue weighted by Crippen LogP contribution is 2.52. The van der Waals surface area contributed by atoms with Gasteiger partial charge in [-0.3, -0.25) is 0 Å². The number of halogens is 3. The summed E-state index contributed by atoms with van der Waals surface area (Å²) in [4.78, 5) is -2.62. The van der Waals surface area contributed by atoms with E-state index < -0.39 is 4.83 Å². The van der Waals surface area contributed by atoms with Crippen LogP contribution in [0.3, 0.4) is 0 Å². The molecule has 2 fully saturated rings. The molecule has 0 N–H and O–H groups in total. The predicted molar refractivity (Wildman–Crippen MR) is 47.4 cm³/mol. The average Bonchev–Trinajstić information content (AvgIpc) is 2.42. The van der Waals surface area contributed by atoms with Crippen molar-refractivity contribution in [3.63, 3.8) is 0 Å². The van der Waals surface area contributed by atoms with Crippen molar-refractivity contribution < 1.29 is 8.78 Å². The zero-order chi connectivity index (χ0) is 8.77. The molecular weight excluding hydrogens is 226 g/mol. The van der Waals surface area contributed by atoms with Crippen LogP contribution < -0.4 is 0 Å². The van der Waals surface area contributed by atoms with E-state index in [0.29, 0.717) is 5.92 Å². The molecule has 0 saturated heterocycles. The van der Waals surface area contributed by atoms with Crippen LogP contribution in [0.15, 0.2) is 0 Å². The normalized spacial score (nSPS) is 40.8. The van der Waals surface area contributed by atoms with E-state index in [4.69, 9.17) is 0 Å². The highest BCUT2D eigenvalue weighted by molar-refractivity contribution is 9.09. The van der Waals surface area contributed by atoms with Gasteiger partial charge in [-0.1, -0.05) is 6.42 Å². The molecule has 2 saturated carbocycles. The first kappa shape index (κ1) is 8.92. The smallest absolute Gasteiger partial charge is 0.194 e. The zero-order valence-corrected chi connectivity index (χ0v) is 8.49. The summed E-state index contributed by atoms with van der Waals surface area (Å²) >= 11 is 2.43. The van der Waals surface area contributed by atoms with Crippen molar-refractivity contribution in [1.82, 2.24) is 0 Å². The number of rotatable bonds is 2. The molecule has 0 radical (unpaired) electrons. The van der Waals surface area contributed by atoms with E-state index in [1.54, 1.807) is 0 Å². The third-order valence-electron chi connectivity index (χ3n) is 3.38. The van der Waals surface area contributed by atoms with Crippen LogP contribution in [0.1, 0.15) is 32.1 Å². The van der Waals surface area contributed by atoms with Crippen LogP contribution >= 0.6 is 15.9 Å². The average molecular weight is 239 g/mol. The maximum absolute atomic E-state index is 12.6. The third-order valence-corrected chi connectivity index (χ3v) is 3.70. The first-order valence-electron chi connectivity index (χ1n) is 4.61. The highest BCUT2D eigenvalue weighted by Gasteiger charge is 2.43. The number of alkyl halides is 3. The Labute approximate surface area is 79.8 Å². The molecule has 3 atom stereocenters. The Kier molecular flexibility index (Phi) is 2.18. The predicted octanol–water partition coefficient (Wildman–Crippen LogP) is 3.80. The minimum Gasteiger partial charge on any atom is -0.194 e. The fraction of sp³-hybridized carbons (Fsp3) is 1.00. The Morgan fingerprint density at radius 2 is 2.00 bits per heavy atom. The summed E-state index contributed by atoms with van der Waals surface area (Å²) in [6.45, 7) is 0. The minimum absolute atomic E-state index is 0.0498. The zero-order valence-electron chi connectivity index (χ0n) is 6.90. The summed E-state index contributed by atoms with van der Waals surface area (Å²) in [7, 11) is 0. The van der Waals surface area contributed by atoms with Crippen LogP contribution in [0.5, 0.6) is 0 Å². The first-order valence-corrected chi connectivity index (χ1v) is 5.40. The molecule has 0 aliphatic heterocycles. The van der Waals surface area contributed by atoms with Crippen LogP contribution in [0.25, 0.3) is 0 Å². The standard InChI is InChI=1S/C9H13BrF2/c10-9(11,12)5-8-4-6-1-2-7(8)3-6/h6-8H,1-5H2. The van der Waals surface area contributed by atoms with E-state index in [9.17, 15) is 8.78 Å². The van der Waals surface area contributed by atoms with E-state index in [1.165, 1.54) is 19.3 Å².